The molecule has 5 rings (SSSR count). The van der Waals surface area contributed by atoms with Crippen molar-refractivity contribution in [2.45, 2.75) is 129 Å². The molecule has 1 fully saturated rings. The van der Waals surface area contributed by atoms with Crippen molar-refractivity contribution >= 4 is 19.9 Å². The highest BCUT2D eigenvalue weighted by atomic mass is 35.5. The van der Waals surface area contributed by atoms with E-state index in [1.54, 1.807) is 0 Å². The molecule has 3 aliphatic rings. The molecule has 0 amide bonds. The summed E-state index contributed by atoms with van der Waals surface area (Å²) in [6.45, 7) is 21.2. The summed E-state index contributed by atoms with van der Waals surface area (Å²) in [6, 6.07) is 8.26. The predicted octanol–water partition coefficient (Wildman–Crippen LogP) is 9.78. The third kappa shape index (κ3) is 4.75. The molecule has 1 aromatic heterocycles. The standard InChI is InChI=1S/C32H46ClNO2Si/c1-20(2)28-26-27(32(16-10-11-17-32)35-29(26)21-12-14-22(33)15-13-21)25-23(34-28)18-31(6,7)19-24(25)36-37(8,9)30(3,4)5/h12-15,20,24,29H,10-11,16-19H2,1-9H3/t24-,29+/m0/s1. The monoisotopic (exact) mass is 539 g/mol. The first-order chi connectivity index (χ1) is 17.1. The summed E-state index contributed by atoms with van der Waals surface area (Å²) >= 11 is 6.29. The van der Waals surface area contributed by atoms with Crippen LogP contribution in [0.2, 0.25) is 23.2 Å². The first-order valence-electron chi connectivity index (χ1n) is 14.3. The van der Waals surface area contributed by atoms with Gasteiger partial charge in [0.1, 0.15) is 6.10 Å². The van der Waals surface area contributed by atoms with Crippen LogP contribution in [0, 0.1) is 5.41 Å². The van der Waals surface area contributed by atoms with E-state index in [-0.39, 0.29) is 28.3 Å². The van der Waals surface area contributed by atoms with Gasteiger partial charge in [-0.15, -0.1) is 0 Å². The summed E-state index contributed by atoms with van der Waals surface area (Å²) in [5.41, 5.74) is 7.69. The zero-order chi connectivity index (χ0) is 27.0. The Labute approximate surface area is 230 Å². The molecule has 5 heteroatoms. The van der Waals surface area contributed by atoms with Crippen LogP contribution in [0.5, 0.6) is 0 Å². The van der Waals surface area contributed by atoms with Crippen LogP contribution in [-0.2, 0) is 21.2 Å². The molecule has 202 valence electrons. The van der Waals surface area contributed by atoms with Crippen LogP contribution in [0.3, 0.4) is 0 Å². The molecule has 3 nitrogen and oxygen atoms in total. The average Bonchev–Trinajstić information content (AvgIpc) is 3.37. The molecular weight excluding hydrogens is 494 g/mol. The van der Waals surface area contributed by atoms with Crippen molar-refractivity contribution in [2.24, 2.45) is 5.41 Å². The molecule has 0 bridgehead atoms. The van der Waals surface area contributed by atoms with Gasteiger partial charge in [-0.05, 0) is 78.4 Å². The molecule has 0 N–H and O–H groups in total. The third-order valence-electron chi connectivity index (χ3n) is 9.52. The molecule has 1 aliphatic heterocycles. The number of pyridine rings is 1. The first-order valence-corrected chi connectivity index (χ1v) is 17.6. The predicted molar refractivity (Wildman–Crippen MR) is 156 cm³/mol. The summed E-state index contributed by atoms with van der Waals surface area (Å²) in [7, 11) is -2.01. The summed E-state index contributed by atoms with van der Waals surface area (Å²) in [6.07, 6.45) is 6.55. The molecule has 0 saturated heterocycles. The van der Waals surface area contributed by atoms with Gasteiger partial charge in [0.15, 0.2) is 8.32 Å². The molecule has 1 spiro atoms. The number of halogens is 1. The van der Waals surface area contributed by atoms with Crippen molar-refractivity contribution in [3.63, 3.8) is 0 Å². The first kappa shape index (κ1) is 27.4. The second-order valence-corrected chi connectivity index (χ2v) is 19.7. The van der Waals surface area contributed by atoms with Gasteiger partial charge in [-0.2, -0.15) is 0 Å². The Kier molecular flexibility index (Phi) is 6.79. The van der Waals surface area contributed by atoms with E-state index in [0.29, 0.717) is 5.92 Å². The van der Waals surface area contributed by atoms with E-state index < -0.39 is 8.32 Å². The minimum atomic E-state index is -2.01. The second-order valence-electron chi connectivity index (χ2n) is 14.5. The molecular formula is C32H46ClNO2Si. The lowest BCUT2D eigenvalue weighted by atomic mass is 9.70. The Balaban J connectivity index is 1.78. The normalized spacial score (nSPS) is 24.5. The van der Waals surface area contributed by atoms with Gasteiger partial charge in [-0.25, -0.2) is 0 Å². The molecule has 1 saturated carbocycles. The fourth-order valence-electron chi connectivity index (χ4n) is 6.65. The Bertz CT molecular complexity index is 1170. The third-order valence-corrected chi connectivity index (χ3v) is 14.3. The maximum atomic E-state index is 7.32. The summed E-state index contributed by atoms with van der Waals surface area (Å²) < 4.78 is 14.5. The van der Waals surface area contributed by atoms with Crippen LogP contribution in [0.15, 0.2) is 24.3 Å². The minimum absolute atomic E-state index is 0.0622. The SMILES string of the molecule is CC(C)c1nc2c(c3c1[C@@H](c1ccc(Cl)cc1)OC31CCCC1)[C@@H](O[Si](C)(C)C(C)(C)C)CC(C)(C)C2. The van der Waals surface area contributed by atoms with E-state index in [0.717, 1.165) is 30.7 Å². The summed E-state index contributed by atoms with van der Waals surface area (Å²) in [5, 5.41) is 0.909. The minimum Gasteiger partial charge on any atom is -0.410 e. The largest absolute Gasteiger partial charge is 0.410 e. The Morgan fingerprint density at radius 1 is 1.05 bits per heavy atom. The number of rotatable bonds is 4. The van der Waals surface area contributed by atoms with Gasteiger partial charge in [-0.1, -0.05) is 85.0 Å². The van der Waals surface area contributed by atoms with Crippen molar-refractivity contribution in [3.05, 3.63) is 62.9 Å². The number of ether oxygens (including phenoxy) is 1. The number of fused-ring (bicyclic) bond motifs is 4. The lowest BCUT2D eigenvalue weighted by Crippen LogP contribution is -2.44. The van der Waals surface area contributed by atoms with Crippen molar-refractivity contribution in [1.29, 1.82) is 0 Å². The molecule has 0 unspecified atom stereocenters. The Morgan fingerprint density at radius 2 is 1.68 bits per heavy atom. The maximum Gasteiger partial charge on any atom is 0.192 e. The van der Waals surface area contributed by atoms with Crippen LogP contribution in [0.1, 0.15) is 132 Å². The van der Waals surface area contributed by atoms with Crippen molar-refractivity contribution in [2.75, 3.05) is 0 Å². The molecule has 37 heavy (non-hydrogen) atoms. The summed E-state index contributed by atoms with van der Waals surface area (Å²) in [4.78, 5) is 5.50. The summed E-state index contributed by atoms with van der Waals surface area (Å²) in [5.74, 6) is 0.318. The highest BCUT2D eigenvalue weighted by Crippen LogP contribution is 2.60. The topological polar surface area (TPSA) is 31.4 Å². The molecule has 2 atom stereocenters. The maximum absolute atomic E-state index is 7.32. The fraction of sp³-hybridized carbons (Fsp3) is 0.656. The smallest absolute Gasteiger partial charge is 0.192 e. The number of nitrogens with zero attached hydrogens (tertiary/aromatic N) is 1. The van der Waals surface area contributed by atoms with E-state index in [1.807, 2.05) is 12.1 Å². The van der Waals surface area contributed by atoms with Gasteiger partial charge < -0.3 is 9.16 Å². The van der Waals surface area contributed by atoms with E-state index in [1.165, 1.54) is 46.5 Å². The van der Waals surface area contributed by atoms with Gasteiger partial charge in [0, 0.05) is 27.5 Å². The molecule has 0 radical (unpaired) electrons. The van der Waals surface area contributed by atoms with E-state index in [4.69, 9.17) is 25.7 Å². The van der Waals surface area contributed by atoms with Crippen molar-refractivity contribution < 1.29 is 9.16 Å². The molecule has 1 aromatic carbocycles. The van der Waals surface area contributed by atoms with Gasteiger partial charge in [0.25, 0.3) is 0 Å². The fourth-order valence-corrected chi connectivity index (χ4v) is 8.05. The highest BCUT2D eigenvalue weighted by Gasteiger charge is 2.54. The van der Waals surface area contributed by atoms with Crippen molar-refractivity contribution in [1.82, 2.24) is 4.98 Å². The number of hydrogen-bond acceptors (Lipinski definition) is 3. The number of hydrogen-bond donors (Lipinski definition) is 0. The van der Waals surface area contributed by atoms with E-state index >= 15 is 0 Å². The van der Waals surface area contributed by atoms with Crippen LogP contribution < -0.4 is 0 Å². The van der Waals surface area contributed by atoms with Gasteiger partial charge >= 0.3 is 0 Å². The zero-order valence-electron chi connectivity index (χ0n) is 24.4. The van der Waals surface area contributed by atoms with Crippen molar-refractivity contribution in [3.8, 4) is 0 Å². The van der Waals surface area contributed by atoms with Gasteiger partial charge in [0.05, 0.1) is 11.7 Å². The molecule has 2 aromatic rings. The Hall–Kier alpha value is -1.20. The number of benzene rings is 1. The quantitative estimate of drug-likeness (QED) is 0.362. The van der Waals surface area contributed by atoms with Crippen LogP contribution in [-0.4, -0.2) is 13.3 Å². The lowest BCUT2D eigenvalue weighted by molar-refractivity contribution is -0.0579. The van der Waals surface area contributed by atoms with Crippen LogP contribution in [0.25, 0.3) is 0 Å². The zero-order valence-corrected chi connectivity index (χ0v) is 26.2. The second kappa shape index (κ2) is 9.18. The van der Waals surface area contributed by atoms with Gasteiger partial charge in [-0.3, -0.25) is 4.98 Å². The lowest BCUT2D eigenvalue weighted by Gasteiger charge is -2.45. The van der Waals surface area contributed by atoms with Crippen LogP contribution in [0.4, 0.5) is 0 Å². The number of aromatic nitrogens is 1. The van der Waals surface area contributed by atoms with Crippen LogP contribution >= 0.6 is 11.6 Å². The Morgan fingerprint density at radius 3 is 2.24 bits per heavy atom. The highest BCUT2D eigenvalue weighted by molar-refractivity contribution is 6.74. The molecule has 2 heterocycles. The van der Waals surface area contributed by atoms with E-state index in [2.05, 4.69) is 73.7 Å². The van der Waals surface area contributed by atoms with E-state index in [9.17, 15) is 0 Å². The van der Waals surface area contributed by atoms with Gasteiger partial charge in [0.2, 0.25) is 0 Å². The molecule has 2 aliphatic carbocycles. The average molecular weight is 540 g/mol.